The lowest BCUT2D eigenvalue weighted by Crippen LogP contribution is -2.45. The van der Waals surface area contributed by atoms with Gasteiger partial charge >= 0.3 is 5.97 Å². The molecular weight excluding hydrogens is 851 g/mol. The SMILES string of the molecule is CCCCCC/C=C\CCCCCCCC(=O)OCCCCCCCCCCC/C=C\C/C=C\CCCCCCCCCC(=O)NC(CO)C(O)/C=C/CCCCCCCCCCCCCCCC. The number of amides is 1. The predicted octanol–water partition coefficient (Wildman–Crippen LogP) is 19.0. The van der Waals surface area contributed by atoms with E-state index in [4.69, 9.17) is 4.74 Å². The Morgan fingerprint density at radius 3 is 1.13 bits per heavy atom. The highest BCUT2D eigenvalue weighted by molar-refractivity contribution is 5.76. The third-order valence-corrected chi connectivity index (χ3v) is 13.8. The van der Waals surface area contributed by atoms with Gasteiger partial charge in [-0.2, -0.15) is 0 Å². The first kappa shape index (κ1) is 66.8. The van der Waals surface area contributed by atoms with Crippen LogP contribution in [0.2, 0.25) is 0 Å². The number of esters is 1. The molecule has 0 aliphatic heterocycles. The fourth-order valence-electron chi connectivity index (χ4n) is 9.13. The lowest BCUT2D eigenvalue weighted by molar-refractivity contribution is -0.143. The van der Waals surface area contributed by atoms with Crippen molar-refractivity contribution < 1.29 is 24.5 Å². The second kappa shape index (κ2) is 58.4. The summed E-state index contributed by atoms with van der Waals surface area (Å²) in [5.74, 6) is -0.0810. The molecule has 0 spiro atoms. The van der Waals surface area contributed by atoms with E-state index in [1.165, 1.54) is 225 Å². The third kappa shape index (κ3) is 55.0. The van der Waals surface area contributed by atoms with Crippen molar-refractivity contribution in [1.82, 2.24) is 5.32 Å². The number of hydrogen-bond donors (Lipinski definition) is 3. The Morgan fingerprint density at radius 2 is 0.725 bits per heavy atom. The zero-order valence-corrected chi connectivity index (χ0v) is 46.0. The van der Waals surface area contributed by atoms with Crippen LogP contribution in [-0.4, -0.2) is 47.4 Å². The van der Waals surface area contributed by atoms with Crippen LogP contribution in [-0.2, 0) is 14.3 Å². The van der Waals surface area contributed by atoms with Crippen LogP contribution in [0.25, 0.3) is 0 Å². The summed E-state index contributed by atoms with van der Waals surface area (Å²) in [4.78, 5) is 24.5. The van der Waals surface area contributed by atoms with Gasteiger partial charge in [0, 0.05) is 12.8 Å². The zero-order valence-electron chi connectivity index (χ0n) is 46.0. The van der Waals surface area contributed by atoms with E-state index < -0.39 is 12.1 Å². The lowest BCUT2D eigenvalue weighted by Gasteiger charge is -2.20. The maximum absolute atomic E-state index is 12.5. The van der Waals surface area contributed by atoms with E-state index >= 15 is 0 Å². The van der Waals surface area contributed by atoms with Gasteiger partial charge in [0.1, 0.15) is 0 Å². The van der Waals surface area contributed by atoms with Gasteiger partial charge in [0.05, 0.1) is 25.4 Å². The number of nitrogens with one attached hydrogen (secondary N) is 1. The van der Waals surface area contributed by atoms with Crippen LogP contribution in [0.5, 0.6) is 0 Å². The van der Waals surface area contributed by atoms with Gasteiger partial charge < -0.3 is 20.3 Å². The zero-order chi connectivity index (χ0) is 50.0. The van der Waals surface area contributed by atoms with Gasteiger partial charge in [0.25, 0.3) is 0 Å². The molecule has 1 amide bonds. The smallest absolute Gasteiger partial charge is 0.305 e. The predicted molar refractivity (Wildman–Crippen MR) is 301 cm³/mol. The van der Waals surface area contributed by atoms with Crippen LogP contribution in [0.1, 0.15) is 316 Å². The Kier molecular flexibility index (Phi) is 56.5. The molecule has 69 heavy (non-hydrogen) atoms. The summed E-state index contributed by atoms with van der Waals surface area (Å²) in [6.45, 7) is 4.88. The number of allylic oxidation sites excluding steroid dienone is 7. The summed E-state index contributed by atoms with van der Waals surface area (Å²) in [7, 11) is 0. The Labute approximate surface area is 429 Å². The van der Waals surface area contributed by atoms with Crippen molar-refractivity contribution in [3.8, 4) is 0 Å². The number of unbranched alkanes of at least 4 members (excludes halogenated alkanes) is 39. The molecule has 0 aromatic rings. The van der Waals surface area contributed by atoms with E-state index in [2.05, 4.69) is 55.6 Å². The lowest BCUT2D eigenvalue weighted by atomic mass is 10.0. The Bertz CT molecular complexity index is 1160. The molecule has 2 unspecified atom stereocenters. The topological polar surface area (TPSA) is 95.9 Å². The summed E-state index contributed by atoms with van der Waals surface area (Å²) in [5, 5.41) is 23.1. The molecule has 0 radical (unpaired) electrons. The molecule has 2 atom stereocenters. The van der Waals surface area contributed by atoms with Gasteiger partial charge in [-0.05, 0) is 89.9 Å². The second-order valence-electron chi connectivity index (χ2n) is 20.7. The summed E-state index contributed by atoms with van der Waals surface area (Å²) >= 11 is 0. The van der Waals surface area contributed by atoms with Crippen LogP contribution in [0, 0.1) is 0 Å². The molecule has 3 N–H and O–H groups in total. The first-order valence-corrected chi connectivity index (χ1v) is 30.4. The Balaban J connectivity index is 3.49. The maximum Gasteiger partial charge on any atom is 0.305 e. The fraction of sp³-hybridized carbons (Fsp3) is 0.841. The van der Waals surface area contributed by atoms with E-state index in [-0.39, 0.29) is 18.5 Å². The molecule has 0 rings (SSSR count). The van der Waals surface area contributed by atoms with Crippen molar-refractivity contribution in [3.63, 3.8) is 0 Å². The van der Waals surface area contributed by atoms with Gasteiger partial charge in [0.2, 0.25) is 5.91 Å². The first-order valence-electron chi connectivity index (χ1n) is 30.4. The minimum absolute atomic E-state index is 0.00316. The molecule has 6 nitrogen and oxygen atoms in total. The monoisotopic (exact) mass is 968 g/mol. The number of carbonyl (C=O) groups excluding carboxylic acids is 2. The Morgan fingerprint density at radius 1 is 0.406 bits per heavy atom. The fourth-order valence-corrected chi connectivity index (χ4v) is 9.13. The Hall–Kier alpha value is -2.18. The van der Waals surface area contributed by atoms with Crippen molar-refractivity contribution in [2.75, 3.05) is 13.2 Å². The van der Waals surface area contributed by atoms with Crippen LogP contribution >= 0.6 is 0 Å². The minimum atomic E-state index is -0.852. The summed E-state index contributed by atoms with van der Waals surface area (Å²) in [6.07, 6.45) is 74.3. The molecule has 404 valence electrons. The molecule has 0 saturated carbocycles. The van der Waals surface area contributed by atoms with Crippen LogP contribution in [0.15, 0.2) is 48.6 Å². The third-order valence-electron chi connectivity index (χ3n) is 13.8. The molecule has 0 aromatic carbocycles. The molecule has 0 aliphatic rings. The second-order valence-corrected chi connectivity index (χ2v) is 20.7. The van der Waals surface area contributed by atoms with Crippen molar-refractivity contribution in [2.24, 2.45) is 0 Å². The molecule has 0 heterocycles. The number of carbonyl (C=O) groups is 2. The van der Waals surface area contributed by atoms with E-state index in [0.29, 0.717) is 19.4 Å². The highest BCUT2D eigenvalue weighted by Gasteiger charge is 2.18. The number of ether oxygens (including phenoxy) is 1. The standard InChI is InChI=1S/C63H117NO5/c1-3-5-7-9-11-13-15-17-18-28-32-35-39-43-47-51-55-61(66)60(59-65)64-62(67)56-52-48-44-40-36-33-29-26-24-22-20-19-21-23-25-27-30-34-38-42-46-50-54-58-69-63(68)57-53-49-45-41-37-31-16-14-12-10-8-6-4-2/h14,16,19,21-22,24,51,55,60-61,65-66H,3-13,15,17-18,20,23,25-50,52-54,56-59H2,1-2H3,(H,64,67)/b16-14-,21-19-,24-22-,55-51+. The quantitative estimate of drug-likeness (QED) is 0.0321. The first-order chi connectivity index (χ1) is 34.0. The highest BCUT2D eigenvalue weighted by atomic mass is 16.5. The number of hydrogen-bond acceptors (Lipinski definition) is 5. The minimum Gasteiger partial charge on any atom is -0.466 e. The maximum atomic E-state index is 12.5. The van der Waals surface area contributed by atoms with Gasteiger partial charge in [-0.1, -0.05) is 262 Å². The normalized spacial score (nSPS) is 12.9. The van der Waals surface area contributed by atoms with Crippen LogP contribution < -0.4 is 5.32 Å². The average Bonchev–Trinajstić information content (AvgIpc) is 3.35. The summed E-state index contributed by atoms with van der Waals surface area (Å²) in [6, 6.07) is -0.636. The number of aliphatic hydroxyl groups is 2. The van der Waals surface area contributed by atoms with Crippen molar-refractivity contribution in [2.45, 2.75) is 328 Å². The number of aliphatic hydroxyl groups excluding tert-OH is 2. The van der Waals surface area contributed by atoms with Gasteiger partial charge in [-0.15, -0.1) is 0 Å². The highest BCUT2D eigenvalue weighted by Crippen LogP contribution is 2.16. The summed E-state index contributed by atoms with van der Waals surface area (Å²) in [5.41, 5.74) is 0. The molecule has 6 heteroatoms. The summed E-state index contributed by atoms with van der Waals surface area (Å²) < 4.78 is 5.46. The van der Waals surface area contributed by atoms with Gasteiger partial charge in [0.15, 0.2) is 0 Å². The van der Waals surface area contributed by atoms with Crippen molar-refractivity contribution in [1.29, 1.82) is 0 Å². The van der Waals surface area contributed by atoms with E-state index in [0.717, 1.165) is 64.2 Å². The van der Waals surface area contributed by atoms with E-state index in [1.807, 2.05) is 6.08 Å². The largest absolute Gasteiger partial charge is 0.466 e. The van der Waals surface area contributed by atoms with E-state index in [9.17, 15) is 19.8 Å². The van der Waals surface area contributed by atoms with E-state index in [1.54, 1.807) is 6.08 Å². The molecule has 0 bridgehead atoms. The molecule has 0 aliphatic carbocycles. The van der Waals surface area contributed by atoms with Crippen LogP contribution in [0.4, 0.5) is 0 Å². The number of rotatable bonds is 56. The molecule has 0 fully saturated rings. The molecule has 0 saturated heterocycles. The average molecular weight is 969 g/mol. The van der Waals surface area contributed by atoms with Crippen molar-refractivity contribution in [3.05, 3.63) is 48.6 Å². The molecule has 0 aromatic heterocycles. The van der Waals surface area contributed by atoms with Crippen LogP contribution in [0.3, 0.4) is 0 Å². The van der Waals surface area contributed by atoms with Gasteiger partial charge in [-0.3, -0.25) is 9.59 Å². The van der Waals surface area contributed by atoms with Crippen molar-refractivity contribution >= 4 is 11.9 Å². The molecular formula is C63H117NO5. The van der Waals surface area contributed by atoms with Gasteiger partial charge in [-0.25, -0.2) is 0 Å².